The van der Waals surface area contributed by atoms with E-state index < -0.39 is 0 Å². The van der Waals surface area contributed by atoms with Crippen LogP contribution in [0.15, 0.2) is 0 Å². The van der Waals surface area contributed by atoms with E-state index >= 15 is 0 Å². The summed E-state index contributed by atoms with van der Waals surface area (Å²) >= 11 is 2.10. The highest BCUT2D eigenvalue weighted by atomic mass is 32.2. The van der Waals surface area contributed by atoms with Gasteiger partial charge in [-0.15, -0.1) is 0 Å². The number of hydrogen-bond acceptors (Lipinski definition) is 3. The normalized spacial score (nSPS) is 28.2. The minimum atomic E-state index is 0.346. The third-order valence-electron chi connectivity index (χ3n) is 5.80. The Bertz CT molecular complexity index is 247. The minimum Gasteiger partial charge on any atom is -0.329 e. The predicted octanol–water partition coefficient (Wildman–Crippen LogP) is 3.11. The number of nitrogens with two attached hydrogens (primary N) is 1. The molecule has 2 nitrogen and oxygen atoms in total. The summed E-state index contributed by atoms with van der Waals surface area (Å²) in [4.78, 5) is 2.75. The van der Waals surface area contributed by atoms with E-state index in [4.69, 9.17) is 5.73 Å². The molecule has 2 aliphatic rings. The lowest BCUT2D eigenvalue weighted by atomic mass is 9.73. The maximum Gasteiger partial charge on any atom is 0.0347 e. The SMILES string of the molecule is CCC1(CC)CCN(C2(CN)CCSCC2)CC1. The van der Waals surface area contributed by atoms with Crippen molar-refractivity contribution in [3.05, 3.63) is 0 Å². The zero-order chi connectivity index (χ0) is 13.1. The molecule has 0 aromatic heterocycles. The number of likely N-dealkylation sites (tertiary alicyclic amines) is 1. The van der Waals surface area contributed by atoms with Gasteiger partial charge >= 0.3 is 0 Å². The Kier molecular flexibility index (Phi) is 5.01. The topological polar surface area (TPSA) is 29.3 Å². The van der Waals surface area contributed by atoms with Crippen LogP contribution >= 0.6 is 11.8 Å². The van der Waals surface area contributed by atoms with Gasteiger partial charge in [-0.05, 0) is 55.7 Å². The van der Waals surface area contributed by atoms with Crippen LogP contribution in [0.4, 0.5) is 0 Å². The molecule has 2 heterocycles. The average Bonchev–Trinajstić information content (AvgIpc) is 2.48. The Hall–Kier alpha value is 0.270. The summed E-state index contributed by atoms with van der Waals surface area (Å²) in [6.45, 7) is 8.16. The van der Waals surface area contributed by atoms with E-state index in [0.717, 1.165) is 6.54 Å². The van der Waals surface area contributed by atoms with E-state index in [0.29, 0.717) is 11.0 Å². The maximum absolute atomic E-state index is 6.15. The summed E-state index contributed by atoms with van der Waals surface area (Å²) in [7, 11) is 0. The van der Waals surface area contributed by atoms with E-state index in [1.165, 1.54) is 63.1 Å². The van der Waals surface area contributed by atoms with Crippen molar-refractivity contribution in [2.75, 3.05) is 31.1 Å². The number of piperidine rings is 1. The van der Waals surface area contributed by atoms with Crippen molar-refractivity contribution in [2.24, 2.45) is 11.1 Å². The first kappa shape index (κ1) is 14.7. The molecule has 106 valence electrons. The van der Waals surface area contributed by atoms with Gasteiger partial charge in [-0.25, -0.2) is 0 Å². The van der Waals surface area contributed by atoms with Crippen LogP contribution in [0.3, 0.4) is 0 Å². The van der Waals surface area contributed by atoms with Crippen LogP contribution in [-0.4, -0.2) is 41.6 Å². The number of rotatable bonds is 4. The van der Waals surface area contributed by atoms with E-state index in [1.807, 2.05) is 0 Å². The highest BCUT2D eigenvalue weighted by Crippen LogP contribution is 2.42. The molecule has 2 fully saturated rings. The van der Waals surface area contributed by atoms with Crippen LogP contribution < -0.4 is 5.73 Å². The summed E-state index contributed by atoms with van der Waals surface area (Å²) < 4.78 is 0. The Balaban J connectivity index is 1.99. The lowest BCUT2D eigenvalue weighted by Gasteiger charge is -2.51. The number of thioether (sulfide) groups is 1. The van der Waals surface area contributed by atoms with E-state index in [2.05, 4.69) is 30.5 Å². The van der Waals surface area contributed by atoms with E-state index in [9.17, 15) is 0 Å². The Labute approximate surface area is 117 Å². The van der Waals surface area contributed by atoms with Crippen molar-refractivity contribution in [2.45, 2.75) is 57.9 Å². The third kappa shape index (κ3) is 2.73. The Morgan fingerprint density at radius 2 is 1.56 bits per heavy atom. The van der Waals surface area contributed by atoms with Gasteiger partial charge < -0.3 is 5.73 Å². The van der Waals surface area contributed by atoms with Crippen molar-refractivity contribution in [1.29, 1.82) is 0 Å². The Morgan fingerprint density at radius 1 is 1.00 bits per heavy atom. The molecule has 0 unspecified atom stereocenters. The second-order valence-corrected chi connectivity index (χ2v) is 7.46. The predicted molar refractivity (Wildman–Crippen MR) is 82.2 cm³/mol. The minimum absolute atomic E-state index is 0.346. The van der Waals surface area contributed by atoms with Crippen molar-refractivity contribution >= 4 is 11.8 Å². The molecule has 2 N–H and O–H groups in total. The molecule has 0 aliphatic carbocycles. The maximum atomic E-state index is 6.15. The molecule has 18 heavy (non-hydrogen) atoms. The largest absolute Gasteiger partial charge is 0.329 e. The van der Waals surface area contributed by atoms with Gasteiger partial charge in [0.05, 0.1) is 0 Å². The van der Waals surface area contributed by atoms with E-state index in [-0.39, 0.29) is 0 Å². The Morgan fingerprint density at radius 3 is 2.00 bits per heavy atom. The fourth-order valence-electron chi connectivity index (χ4n) is 3.81. The second-order valence-electron chi connectivity index (χ2n) is 6.23. The summed E-state index contributed by atoms with van der Waals surface area (Å²) in [5, 5.41) is 0. The van der Waals surface area contributed by atoms with Gasteiger partial charge in [0.15, 0.2) is 0 Å². The van der Waals surface area contributed by atoms with Gasteiger partial charge in [0.1, 0.15) is 0 Å². The van der Waals surface area contributed by atoms with Crippen molar-refractivity contribution in [1.82, 2.24) is 4.90 Å². The standard InChI is InChI=1S/C15H30N2S/c1-3-14(4-2)5-9-17(10-6-14)15(13-16)7-11-18-12-8-15/h3-13,16H2,1-2H3. The molecule has 2 saturated heterocycles. The van der Waals surface area contributed by atoms with E-state index in [1.54, 1.807) is 0 Å². The molecule has 0 spiro atoms. The van der Waals surface area contributed by atoms with Gasteiger partial charge in [-0.3, -0.25) is 4.90 Å². The van der Waals surface area contributed by atoms with Gasteiger partial charge in [0.25, 0.3) is 0 Å². The van der Waals surface area contributed by atoms with Crippen LogP contribution in [0, 0.1) is 5.41 Å². The third-order valence-corrected chi connectivity index (χ3v) is 6.78. The van der Waals surface area contributed by atoms with Crippen LogP contribution in [0.2, 0.25) is 0 Å². The fraction of sp³-hybridized carbons (Fsp3) is 1.00. The molecular weight excluding hydrogens is 240 g/mol. The molecule has 0 radical (unpaired) electrons. The summed E-state index contributed by atoms with van der Waals surface area (Å²) in [5.74, 6) is 2.61. The van der Waals surface area contributed by atoms with Crippen LogP contribution in [0.1, 0.15) is 52.4 Å². The van der Waals surface area contributed by atoms with Crippen molar-refractivity contribution in [3.8, 4) is 0 Å². The highest BCUT2D eigenvalue weighted by Gasteiger charge is 2.41. The molecule has 0 bridgehead atoms. The average molecular weight is 270 g/mol. The molecule has 2 rings (SSSR count). The second kappa shape index (κ2) is 6.15. The zero-order valence-electron chi connectivity index (χ0n) is 12.2. The van der Waals surface area contributed by atoms with Gasteiger partial charge in [0, 0.05) is 12.1 Å². The van der Waals surface area contributed by atoms with Crippen LogP contribution in [0.25, 0.3) is 0 Å². The van der Waals surface area contributed by atoms with Crippen molar-refractivity contribution < 1.29 is 0 Å². The summed E-state index contributed by atoms with van der Waals surface area (Å²) in [6, 6.07) is 0. The molecular formula is C15H30N2S. The zero-order valence-corrected chi connectivity index (χ0v) is 13.0. The summed E-state index contributed by atoms with van der Waals surface area (Å²) in [6.07, 6.45) is 8.08. The number of nitrogens with zero attached hydrogens (tertiary/aromatic N) is 1. The van der Waals surface area contributed by atoms with Crippen molar-refractivity contribution in [3.63, 3.8) is 0 Å². The van der Waals surface area contributed by atoms with Crippen LogP contribution in [0.5, 0.6) is 0 Å². The first-order valence-corrected chi connectivity index (χ1v) is 8.89. The first-order chi connectivity index (χ1) is 8.70. The summed E-state index contributed by atoms with van der Waals surface area (Å²) in [5.41, 5.74) is 7.13. The van der Waals surface area contributed by atoms with Gasteiger partial charge in [-0.2, -0.15) is 11.8 Å². The number of hydrogen-bond donors (Lipinski definition) is 1. The fourth-order valence-corrected chi connectivity index (χ4v) is 5.07. The van der Waals surface area contributed by atoms with Gasteiger partial charge in [-0.1, -0.05) is 26.7 Å². The molecule has 0 atom stereocenters. The highest BCUT2D eigenvalue weighted by molar-refractivity contribution is 7.99. The lowest BCUT2D eigenvalue weighted by molar-refractivity contribution is 0.0114. The monoisotopic (exact) mass is 270 g/mol. The molecule has 3 heteroatoms. The quantitative estimate of drug-likeness (QED) is 0.851. The molecule has 0 aromatic rings. The van der Waals surface area contributed by atoms with Crippen LogP contribution in [-0.2, 0) is 0 Å². The molecule has 0 aromatic carbocycles. The first-order valence-electron chi connectivity index (χ1n) is 7.73. The van der Waals surface area contributed by atoms with Gasteiger partial charge in [0.2, 0.25) is 0 Å². The molecule has 0 saturated carbocycles. The lowest BCUT2D eigenvalue weighted by Crippen LogP contribution is -2.59. The smallest absolute Gasteiger partial charge is 0.0347 e. The molecule has 2 aliphatic heterocycles. The molecule has 0 amide bonds.